The Balaban J connectivity index is 1.30. The lowest BCUT2D eigenvalue weighted by atomic mass is 9.76. The Bertz CT molecular complexity index is 1150. The molecule has 1 aromatic carbocycles. The van der Waals surface area contributed by atoms with E-state index >= 15 is 0 Å². The molecule has 32 heavy (non-hydrogen) atoms. The van der Waals surface area contributed by atoms with E-state index in [9.17, 15) is 19.5 Å². The van der Waals surface area contributed by atoms with Gasteiger partial charge in [-0.1, -0.05) is 0 Å². The van der Waals surface area contributed by atoms with Crippen LogP contribution < -0.4 is 5.63 Å². The quantitative estimate of drug-likeness (QED) is 0.744. The zero-order valence-electron chi connectivity index (χ0n) is 18.7. The molecule has 5 rings (SSSR count). The normalized spacial score (nSPS) is 25.2. The predicted molar refractivity (Wildman–Crippen MR) is 119 cm³/mol. The van der Waals surface area contributed by atoms with Crippen LogP contribution in [-0.2, 0) is 16.0 Å². The highest BCUT2D eigenvalue weighted by atomic mass is 16.4. The minimum absolute atomic E-state index is 0.0658. The summed E-state index contributed by atoms with van der Waals surface area (Å²) in [5.74, 6) is 1.14. The molecular weight excluding hydrogens is 408 g/mol. The van der Waals surface area contributed by atoms with E-state index in [1.807, 2.05) is 11.8 Å². The SMILES string of the molecule is Cc1c(CCC(=O)N2C[C@H]3C[C@H](C2)[C@@H]2CCCC(=O)N2C3)c(=O)oc2c(C)c(O)ccc12. The van der Waals surface area contributed by atoms with E-state index in [0.29, 0.717) is 54.5 Å². The van der Waals surface area contributed by atoms with Crippen LogP contribution in [0.1, 0.15) is 48.8 Å². The largest absolute Gasteiger partial charge is 0.508 e. The Morgan fingerprint density at radius 2 is 1.97 bits per heavy atom. The molecule has 2 aromatic rings. The Labute approximate surface area is 187 Å². The molecule has 0 aliphatic carbocycles. The second-order valence-corrected chi connectivity index (χ2v) is 9.75. The summed E-state index contributed by atoms with van der Waals surface area (Å²) in [6.45, 7) is 5.75. The van der Waals surface area contributed by atoms with E-state index in [1.54, 1.807) is 19.1 Å². The number of piperidine rings is 3. The number of aryl methyl sites for hydroxylation is 2. The number of nitrogens with zero attached hydrogens (tertiary/aromatic N) is 2. The first kappa shape index (κ1) is 21.0. The minimum atomic E-state index is -0.441. The van der Waals surface area contributed by atoms with Crippen molar-refractivity contribution in [1.29, 1.82) is 0 Å². The molecule has 0 saturated carbocycles. The maximum absolute atomic E-state index is 13.1. The van der Waals surface area contributed by atoms with Gasteiger partial charge in [0.25, 0.3) is 0 Å². The van der Waals surface area contributed by atoms with E-state index in [-0.39, 0.29) is 30.0 Å². The zero-order chi connectivity index (χ0) is 22.6. The van der Waals surface area contributed by atoms with Crippen molar-refractivity contribution in [3.63, 3.8) is 0 Å². The summed E-state index contributed by atoms with van der Waals surface area (Å²) in [7, 11) is 0. The van der Waals surface area contributed by atoms with Gasteiger partial charge in [-0.2, -0.15) is 0 Å². The molecule has 170 valence electrons. The smallest absolute Gasteiger partial charge is 0.339 e. The fraction of sp³-hybridized carbons (Fsp3) is 0.560. The molecule has 3 saturated heterocycles. The number of fused-ring (bicyclic) bond motifs is 5. The van der Waals surface area contributed by atoms with E-state index < -0.39 is 5.63 Å². The van der Waals surface area contributed by atoms with Crippen LogP contribution in [0, 0.1) is 25.7 Å². The van der Waals surface area contributed by atoms with Crippen molar-refractivity contribution in [3.8, 4) is 5.75 Å². The first-order valence-corrected chi connectivity index (χ1v) is 11.7. The highest BCUT2D eigenvalue weighted by Gasteiger charge is 2.44. The van der Waals surface area contributed by atoms with Crippen molar-refractivity contribution in [3.05, 3.63) is 39.2 Å². The van der Waals surface area contributed by atoms with Gasteiger partial charge in [-0.05, 0) is 69.1 Å². The topological polar surface area (TPSA) is 91.1 Å². The number of likely N-dealkylation sites (tertiary alicyclic amines) is 1. The Hall–Kier alpha value is -2.83. The molecule has 1 aromatic heterocycles. The summed E-state index contributed by atoms with van der Waals surface area (Å²) in [6, 6.07) is 3.63. The minimum Gasteiger partial charge on any atom is -0.508 e. The van der Waals surface area contributed by atoms with Gasteiger partial charge in [0.1, 0.15) is 11.3 Å². The van der Waals surface area contributed by atoms with Gasteiger partial charge in [-0.15, -0.1) is 0 Å². The van der Waals surface area contributed by atoms with Crippen LogP contribution in [0.15, 0.2) is 21.3 Å². The van der Waals surface area contributed by atoms with E-state index in [4.69, 9.17) is 4.42 Å². The lowest BCUT2D eigenvalue weighted by Crippen LogP contribution is -2.61. The van der Waals surface area contributed by atoms with Gasteiger partial charge < -0.3 is 19.3 Å². The molecule has 1 N–H and O–H groups in total. The number of benzene rings is 1. The van der Waals surface area contributed by atoms with E-state index in [1.165, 1.54) is 0 Å². The molecule has 3 fully saturated rings. The number of phenolic OH excluding ortho intramolecular Hbond substituents is 1. The maximum atomic E-state index is 13.1. The number of rotatable bonds is 3. The third kappa shape index (κ3) is 3.48. The van der Waals surface area contributed by atoms with Crippen LogP contribution in [0.4, 0.5) is 0 Å². The van der Waals surface area contributed by atoms with Crippen molar-refractivity contribution in [2.45, 2.75) is 58.4 Å². The van der Waals surface area contributed by atoms with Gasteiger partial charge in [0.15, 0.2) is 0 Å². The number of aromatic hydroxyl groups is 1. The molecule has 7 heteroatoms. The summed E-state index contributed by atoms with van der Waals surface area (Å²) in [4.78, 5) is 42.1. The highest BCUT2D eigenvalue weighted by Crippen LogP contribution is 2.38. The van der Waals surface area contributed by atoms with Gasteiger partial charge in [0.2, 0.25) is 11.8 Å². The van der Waals surface area contributed by atoms with Crippen LogP contribution in [-0.4, -0.2) is 52.4 Å². The molecule has 7 nitrogen and oxygen atoms in total. The van der Waals surface area contributed by atoms with Crippen molar-refractivity contribution < 1.29 is 19.1 Å². The number of carbonyl (C=O) groups is 2. The Morgan fingerprint density at radius 1 is 1.16 bits per heavy atom. The summed E-state index contributed by atoms with van der Waals surface area (Å²) >= 11 is 0. The van der Waals surface area contributed by atoms with Gasteiger partial charge >= 0.3 is 5.63 Å². The lowest BCUT2D eigenvalue weighted by Gasteiger charge is -2.52. The van der Waals surface area contributed by atoms with Crippen molar-refractivity contribution in [1.82, 2.24) is 9.80 Å². The second kappa shape index (κ2) is 7.94. The van der Waals surface area contributed by atoms with E-state index in [0.717, 1.165) is 36.8 Å². The third-order valence-electron chi connectivity index (χ3n) is 7.80. The highest BCUT2D eigenvalue weighted by molar-refractivity contribution is 5.85. The molecule has 2 amide bonds. The molecule has 2 bridgehead atoms. The molecule has 3 aliphatic heterocycles. The number of carbonyl (C=O) groups excluding carboxylic acids is 2. The van der Waals surface area contributed by atoms with Crippen LogP contribution in [0.3, 0.4) is 0 Å². The Kier molecular flexibility index (Phi) is 5.22. The molecule has 3 atom stereocenters. The van der Waals surface area contributed by atoms with Crippen molar-refractivity contribution >= 4 is 22.8 Å². The third-order valence-corrected chi connectivity index (χ3v) is 7.80. The lowest BCUT2D eigenvalue weighted by molar-refractivity contribution is -0.148. The van der Waals surface area contributed by atoms with Crippen LogP contribution in [0.5, 0.6) is 5.75 Å². The fourth-order valence-corrected chi connectivity index (χ4v) is 6.07. The predicted octanol–water partition coefficient (Wildman–Crippen LogP) is 2.91. The van der Waals surface area contributed by atoms with Crippen LogP contribution in [0.2, 0.25) is 0 Å². The number of hydrogen-bond donors (Lipinski definition) is 1. The monoisotopic (exact) mass is 438 g/mol. The zero-order valence-corrected chi connectivity index (χ0v) is 18.7. The summed E-state index contributed by atoms with van der Waals surface area (Å²) < 4.78 is 5.52. The molecule has 0 unspecified atom stereocenters. The second-order valence-electron chi connectivity index (χ2n) is 9.75. The van der Waals surface area contributed by atoms with Gasteiger partial charge in [-0.3, -0.25) is 9.59 Å². The fourth-order valence-electron chi connectivity index (χ4n) is 6.07. The Morgan fingerprint density at radius 3 is 2.78 bits per heavy atom. The maximum Gasteiger partial charge on any atom is 0.339 e. The van der Waals surface area contributed by atoms with Gasteiger partial charge in [-0.25, -0.2) is 4.79 Å². The molecule has 3 aliphatic rings. The standard InChI is InChI=1S/C25H30N2O5/c1-14-18-6-8-21(28)15(2)24(18)32-25(31)19(14)7-9-22(29)26-11-16-10-17(13-26)20-4-3-5-23(30)27(20)12-16/h6,8,16-17,20,28H,3-5,7,9-13H2,1-2H3/t16-,17-,20+/m1/s1. The van der Waals surface area contributed by atoms with Crippen molar-refractivity contribution in [2.24, 2.45) is 11.8 Å². The first-order valence-electron chi connectivity index (χ1n) is 11.7. The average Bonchev–Trinajstić information content (AvgIpc) is 2.77. The number of phenols is 1. The van der Waals surface area contributed by atoms with Crippen LogP contribution in [0.25, 0.3) is 11.0 Å². The number of amides is 2. The summed E-state index contributed by atoms with van der Waals surface area (Å²) in [5.41, 5.74) is 1.83. The van der Waals surface area contributed by atoms with Gasteiger partial charge in [0.05, 0.1) is 0 Å². The summed E-state index contributed by atoms with van der Waals surface area (Å²) in [6.07, 6.45) is 4.34. The van der Waals surface area contributed by atoms with Crippen molar-refractivity contribution in [2.75, 3.05) is 19.6 Å². The molecule has 0 radical (unpaired) electrons. The van der Waals surface area contributed by atoms with E-state index in [2.05, 4.69) is 4.90 Å². The van der Waals surface area contributed by atoms with Gasteiger partial charge in [0, 0.05) is 55.0 Å². The molecule has 0 spiro atoms. The summed E-state index contributed by atoms with van der Waals surface area (Å²) in [5, 5.41) is 10.7. The number of hydrogen-bond acceptors (Lipinski definition) is 5. The molecule has 4 heterocycles. The average molecular weight is 439 g/mol. The molecular formula is C25H30N2O5. The van der Waals surface area contributed by atoms with Crippen LogP contribution >= 0.6 is 0 Å². The first-order chi connectivity index (χ1) is 15.3.